The number of aryl methyl sites for hydroxylation is 1. The van der Waals surface area contributed by atoms with E-state index in [1.807, 2.05) is 18.2 Å². The first-order valence-corrected chi connectivity index (χ1v) is 5.69. The summed E-state index contributed by atoms with van der Waals surface area (Å²) in [4.78, 5) is 0. The summed E-state index contributed by atoms with van der Waals surface area (Å²) in [7, 11) is 0. The number of fused-ring (bicyclic) bond motifs is 1. The Bertz CT molecular complexity index is 505. The van der Waals surface area contributed by atoms with Crippen molar-refractivity contribution in [3.05, 3.63) is 41.5 Å². The lowest BCUT2D eigenvalue weighted by atomic mass is 9.98. The second-order valence-electron chi connectivity index (χ2n) is 4.02. The zero-order chi connectivity index (χ0) is 11.5. The van der Waals surface area contributed by atoms with Gasteiger partial charge >= 0.3 is 0 Å². The van der Waals surface area contributed by atoms with Gasteiger partial charge in [-0.1, -0.05) is 31.2 Å². The monoisotopic (exact) mass is 215 g/mol. The zero-order valence-corrected chi connectivity index (χ0v) is 9.53. The Morgan fingerprint density at radius 3 is 2.69 bits per heavy atom. The highest BCUT2D eigenvalue weighted by molar-refractivity contribution is 5.91. The molecule has 2 aromatic carbocycles. The molecular weight excluding hydrogens is 198 g/mol. The number of phenolic OH excluding ortho intramolecular Hbond substituents is 1. The molecule has 0 atom stereocenters. The molecule has 0 saturated carbocycles. The fraction of sp³-hybridized carbons (Fsp3) is 0.286. The van der Waals surface area contributed by atoms with Crippen molar-refractivity contribution in [3.63, 3.8) is 0 Å². The van der Waals surface area contributed by atoms with E-state index in [9.17, 15) is 5.11 Å². The van der Waals surface area contributed by atoms with E-state index in [-0.39, 0.29) is 0 Å². The third kappa shape index (κ3) is 1.89. The number of phenols is 1. The van der Waals surface area contributed by atoms with Gasteiger partial charge in [-0.05, 0) is 42.0 Å². The van der Waals surface area contributed by atoms with E-state index in [0.29, 0.717) is 12.3 Å². The van der Waals surface area contributed by atoms with E-state index in [1.165, 1.54) is 5.56 Å². The van der Waals surface area contributed by atoms with Crippen LogP contribution in [0.1, 0.15) is 18.1 Å². The minimum atomic E-state index is 0.358. The van der Waals surface area contributed by atoms with Crippen molar-refractivity contribution in [3.8, 4) is 5.75 Å². The van der Waals surface area contributed by atoms with E-state index in [2.05, 4.69) is 19.1 Å². The highest BCUT2D eigenvalue weighted by Crippen LogP contribution is 2.29. The van der Waals surface area contributed by atoms with Crippen LogP contribution in [0.3, 0.4) is 0 Å². The Labute approximate surface area is 95.7 Å². The van der Waals surface area contributed by atoms with Gasteiger partial charge < -0.3 is 10.8 Å². The zero-order valence-electron chi connectivity index (χ0n) is 9.53. The largest absolute Gasteiger partial charge is 0.507 e. The van der Waals surface area contributed by atoms with Crippen LogP contribution in [0.15, 0.2) is 30.3 Å². The number of nitrogens with two attached hydrogens (primary N) is 1. The van der Waals surface area contributed by atoms with Crippen LogP contribution >= 0.6 is 0 Å². The predicted octanol–water partition coefficient (Wildman–Crippen LogP) is 2.61. The molecule has 0 unspecified atom stereocenters. The molecule has 16 heavy (non-hydrogen) atoms. The molecule has 2 rings (SSSR count). The lowest BCUT2D eigenvalue weighted by molar-refractivity contribution is 0.481. The molecule has 0 fully saturated rings. The van der Waals surface area contributed by atoms with Crippen LogP contribution in [-0.4, -0.2) is 11.7 Å². The van der Waals surface area contributed by atoms with Crippen molar-refractivity contribution < 1.29 is 5.11 Å². The van der Waals surface area contributed by atoms with Gasteiger partial charge in [-0.25, -0.2) is 0 Å². The number of benzene rings is 2. The summed E-state index contributed by atoms with van der Waals surface area (Å²) >= 11 is 0. The van der Waals surface area contributed by atoms with E-state index in [0.717, 1.165) is 29.2 Å². The predicted molar refractivity (Wildman–Crippen MR) is 67.7 cm³/mol. The van der Waals surface area contributed by atoms with Crippen LogP contribution < -0.4 is 5.73 Å². The molecule has 0 saturated heterocycles. The SMILES string of the molecule is CCc1cccc2c(O)cc(CCN)cc12. The molecule has 3 N–H and O–H groups in total. The maximum atomic E-state index is 9.96. The Morgan fingerprint density at radius 2 is 2.00 bits per heavy atom. The molecule has 2 heteroatoms. The Hall–Kier alpha value is -1.54. The van der Waals surface area contributed by atoms with Gasteiger partial charge in [0.2, 0.25) is 0 Å². The first-order chi connectivity index (χ1) is 7.76. The van der Waals surface area contributed by atoms with Crippen LogP contribution in [0.25, 0.3) is 10.8 Å². The average Bonchev–Trinajstić information content (AvgIpc) is 2.29. The first kappa shape index (κ1) is 11.0. The molecule has 0 radical (unpaired) electrons. The molecule has 0 aliphatic heterocycles. The number of rotatable bonds is 3. The van der Waals surface area contributed by atoms with Gasteiger partial charge in [0.1, 0.15) is 5.75 Å². The van der Waals surface area contributed by atoms with Crippen LogP contribution in [-0.2, 0) is 12.8 Å². The highest BCUT2D eigenvalue weighted by atomic mass is 16.3. The van der Waals surface area contributed by atoms with Crippen LogP contribution in [0.5, 0.6) is 5.75 Å². The van der Waals surface area contributed by atoms with Gasteiger partial charge in [-0.3, -0.25) is 0 Å². The van der Waals surface area contributed by atoms with Gasteiger partial charge in [0.15, 0.2) is 0 Å². The van der Waals surface area contributed by atoms with Crippen molar-refractivity contribution in [1.82, 2.24) is 0 Å². The third-order valence-corrected chi connectivity index (χ3v) is 2.94. The van der Waals surface area contributed by atoms with E-state index < -0.39 is 0 Å². The minimum Gasteiger partial charge on any atom is -0.507 e. The highest BCUT2D eigenvalue weighted by Gasteiger charge is 2.05. The molecule has 0 bridgehead atoms. The summed E-state index contributed by atoms with van der Waals surface area (Å²) in [5.41, 5.74) is 7.92. The third-order valence-electron chi connectivity index (χ3n) is 2.94. The molecule has 0 spiro atoms. The number of aromatic hydroxyl groups is 1. The van der Waals surface area contributed by atoms with Crippen LogP contribution in [0.2, 0.25) is 0 Å². The Balaban J connectivity index is 2.67. The van der Waals surface area contributed by atoms with Crippen LogP contribution in [0.4, 0.5) is 0 Å². The van der Waals surface area contributed by atoms with E-state index in [4.69, 9.17) is 5.73 Å². The summed E-state index contributed by atoms with van der Waals surface area (Å²) in [6.45, 7) is 2.74. The van der Waals surface area contributed by atoms with Crippen molar-refractivity contribution >= 4 is 10.8 Å². The summed E-state index contributed by atoms with van der Waals surface area (Å²) < 4.78 is 0. The quantitative estimate of drug-likeness (QED) is 0.826. The van der Waals surface area contributed by atoms with E-state index >= 15 is 0 Å². The fourth-order valence-corrected chi connectivity index (χ4v) is 2.11. The number of hydrogen-bond donors (Lipinski definition) is 2. The fourth-order valence-electron chi connectivity index (χ4n) is 2.11. The molecule has 2 aromatic rings. The van der Waals surface area contributed by atoms with Gasteiger partial charge in [-0.2, -0.15) is 0 Å². The summed E-state index contributed by atoms with van der Waals surface area (Å²) in [5, 5.41) is 12.0. The van der Waals surface area contributed by atoms with Crippen molar-refractivity contribution in [1.29, 1.82) is 0 Å². The standard InChI is InChI=1S/C14H17NO/c1-2-11-4-3-5-12-13(11)8-10(6-7-15)9-14(12)16/h3-5,8-9,16H,2,6-7,15H2,1H3. The van der Waals surface area contributed by atoms with E-state index in [1.54, 1.807) is 0 Å². The van der Waals surface area contributed by atoms with Gasteiger partial charge in [0, 0.05) is 5.39 Å². The molecule has 0 aliphatic rings. The normalized spacial score (nSPS) is 10.9. The molecule has 84 valence electrons. The summed E-state index contributed by atoms with van der Waals surface area (Å²) in [6.07, 6.45) is 1.78. The molecule has 2 nitrogen and oxygen atoms in total. The maximum Gasteiger partial charge on any atom is 0.123 e. The lowest BCUT2D eigenvalue weighted by Crippen LogP contribution is -2.02. The summed E-state index contributed by atoms with van der Waals surface area (Å²) in [6, 6.07) is 10.0. The van der Waals surface area contributed by atoms with Gasteiger partial charge in [0.05, 0.1) is 0 Å². The minimum absolute atomic E-state index is 0.358. The molecule has 0 aliphatic carbocycles. The molecule has 0 heterocycles. The molecule has 0 amide bonds. The maximum absolute atomic E-state index is 9.96. The second kappa shape index (κ2) is 4.54. The number of hydrogen-bond acceptors (Lipinski definition) is 2. The lowest BCUT2D eigenvalue weighted by Gasteiger charge is -2.09. The van der Waals surface area contributed by atoms with Crippen molar-refractivity contribution in [2.24, 2.45) is 5.73 Å². The Kier molecular flexibility index (Phi) is 3.11. The average molecular weight is 215 g/mol. The first-order valence-electron chi connectivity index (χ1n) is 5.69. The Morgan fingerprint density at radius 1 is 1.19 bits per heavy atom. The second-order valence-corrected chi connectivity index (χ2v) is 4.02. The van der Waals surface area contributed by atoms with Gasteiger partial charge in [0.25, 0.3) is 0 Å². The smallest absolute Gasteiger partial charge is 0.123 e. The summed E-state index contributed by atoms with van der Waals surface area (Å²) in [5.74, 6) is 0.358. The van der Waals surface area contributed by atoms with Crippen molar-refractivity contribution in [2.75, 3.05) is 6.54 Å². The molecule has 0 aromatic heterocycles. The van der Waals surface area contributed by atoms with Crippen molar-refractivity contribution in [2.45, 2.75) is 19.8 Å². The van der Waals surface area contributed by atoms with Crippen LogP contribution in [0, 0.1) is 0 Å². The van der Waals surface area contributed by atoms with Gasteiger partial charge in [-0.15, -0.1) is 0 Å². The molecular formula is C14H17NO. The topological polar surface area (TPSA) is 46.2 Å².